The highest BCUT2D eigenvalue weighted by atomic mass is 32.1. The van der Waals surface area contributed by atoms with Gasteiger partial charge in [-0.25, -0.2) is 4.79 Å². The van der Waals surface area contributed by atoms with Crippen molar-refractivity contribution in [3.05, 3.63) is 64.9 Å². The summed E-state index contributed by atoms with van der Waals surface area (Å²) in [6.45, 7) is -0.176. The molecule has 28 heavy (non-hydrogen) atoms. The summed E-state index contributed by atoms with van der Waals surface area (Å²) >= 11 is 1.30. The summed E-state index contributed by atoms with van der Waals surface area (Å²) in [6, 6.07) is 15.1. The van der Waals surface area contributed by atoms with Crippen LogP contribution in [0, 0.1) is 0 Å². The van der Waals surface area contributed by atoms with Gasteiger partial charge >= 0.3 is 5.97 Å². The number of carbonyl (C=O) groups is 2. The number of nitrogens with one attached hydrogen (secondary N) is 1. The van der Waals surface area contributed by atoms with Crippen LogP contribution in [0.2, 0.25) is 0 Å². The molecule has 0 unspecified atom stereocenters. The molecule has 0 aliphatic rings. The van der Waals surface area contributed by atoms with Crippen LogP contribution in [-0.4, -0.2) is 32.7 Å². The first-order valence-corrected chi connectivity index (χ1v) is 9.37. The summed E-state index contributed by atoms with van der Waals surface area (Å²) in [5.74, 6) is 0.488. The van der Waals surface area contributed by atoms with Gasteiger partial charge in [0, 0.05) is 16.3 Å². The predicted molar refractivity (Wildman–Crippen MR) is 108 cm³/mol. The van der Waals surface area contributed by atoms with Crippen molar-refractivity contribution in [1.29, 1.82) is 0 Å². The first kappa shape index (κ1) is 19.4. The highest BCUT2D eigenvalue weighted by molar-refractivity contribution is 7.08. The lowest BCUT2D eigenvalue weighted by Gasteiger charge is -2.10. The molecule has 0 bridgehead atoms. The van der Waals surface area contributed by atoms with Crippen LogP contribution in [0.5, 0.6) is 11.5 Å². The molecule has 0 aliphatic carbocycles. The van der Waals surface area contributed by atoms with E-state index in [1.54, 1.807) is 30.0 Å². The SMILES string of the molecule is COC(=O)c1cscc1NC(=O)COc1ccc(-c2ccccc2OC)cc1. The normalized spacial score (nSPS) is 10.2. The smallest absolute Gasteiger partial charge is 0.340 e. The molecule has 0 fully saturated rings. The molecule has 0 spiro atoms. The highest BCUT2D eigenvalue weighted by Crippen LogP contribution is 2.30. The fraction of sp³-hybridized carbons (Fsp3) is 0.143. The second-order valence-corrected chi connectivity index (χ2v) is 6.50. The summed E-state index contributed by atoms with van der Waals surface area (Å²) in [7, 11) is 2.93. The van der Waals surface area contributed by atoms with Gasteiger partial charge < -0.3 is 19.5 Å². The number of anilines is 1. The van der Waals surface area contributed by atoms with E-state index in [9.17, 15) is 9.59 Å². The number of benzene rings is 2. The van der Waals surface area contributed by atoms with Gasteiger partial charge in [-0.05, 0) is 23.8 Å². The summed E-state index contributed by atoms with van der Waals surface area (Å²) in [5, 5.41) is 5.95. The second-order valence-electron chi connectivity index (χ2n) is 5.75. The number of rotatable bonds is 7. The van der Waals surface area contributed by atoms with E-state index in [4.69, 9.17) is 9.47 Å². The van der Waals surface area contributed by atoms with Gasteiger partial charge in [-0.1, -0.05) is 30.3 Å². The van der Waals surface area contributed by atoms with E-state index in [1.165, 1.54) is 18.4 Å². The van der Waals surface area contributed by atoms with Crippen molar-refractivity contribution in [3.8, 4) is 22.6 Å². The Bertz CT molecular complexity index is 965. The maximum Gasteiger partial charge on any atom is 0.340 e. The van der Waals surface area contributed by atoms with Crippen molar-refractivity contribution in [2.24, 2.45) is 0 Å². The fourth-order valence-electron chi connectivity index (χ4n) is 2.61. The highest BCUT2D eigenvalue weighted by Gasteiger charge is 2.15. The topological polar surface area (TPSA) is 73.9 Å². The summed E-state index contributed by atoms with van der Waals surface area (Å²) in [4.78, 5) is 23.8. The van der Waals surface area contributed by atoms with E-state index in [2.05, 4.69) is 10.1 Å². The molecule has 3 rings (SSSR count). The molecule has 0 radical (unpaired) electrons. The van der Waals surface area contributed by atoms with E-state index in [1.807, 2.05) is 36.4 Å². The molecular weight excluding hydrogens is 378 g/mol. The fourth-order valence-corrected chi connectivity index (χ4v) is 3.36. The van der Waals surface area contributed by atoms with Gasteiger partial charge in [0.1, 0.15) is 11.5 Å². The Morgan fingerprint density at radius 3 is 2.46 bits per heavy atom. The zero-order valence-corrected chi connectivity index (χ0v) is 16.2. The van der Waals surface area contributed by atoms with E-state index in [0.717, 1.165) is 16.9 Å². The summed E-state index contributed by atoms with van der Waals surface area (Å²) in [5.41, 5.74) is 2.69. The molecule has 0 saturated heterocycles. The van der Waals surface area contributed by atoms with Gasteiger partial charge in [-0.3, -0.25) is 4.79 Å². The number of methoxy groups -OCH3 is 2. The molecule has 3 aromatic rings. The average Bonchev–Trinajstić information content (AvgIpc) is 3.20. The monoisotopic (exact) mass is 397 g/mol. The van der Waals surface area contributed by atoms with Crippen molar-refractivity contribution < 1.29 is 23.8 Å². The third-order valence-corrected chi connectivity index (χ3v) is 4.73. The number of hydrogen-bond acceptors (Lipinski definition) is 6. The van der Waals surface area contributed by atoms with Crippen molar-refractivity contribution >= 4 is 28.9 Å². The van der Waals surface area contributed by atoms with Crippen molar-refractivity contribution in [2.45, 2.75) is 0 Å². The van der Waals surface area contributed by atoms with Crippen LogP contribution in [0.4, 0.5) is 5.69 Å². The van der Waals surface area contributed by atoms with Gasteiger partial charge in [-0.15, -0.1) is 11.3 Å². The molecule has 7 heteroatoms. The van der Waals surface area contributed by atoms with E-state index >= 15 is 0 Å². The van der Waals surface area contributed by atoms with Crippen LogP contribution in [0.1, 0.15) is 10.4 Å². The Balaban J connectivity index is 1.60. The minimum Gasteiger partial charge on any atom is -0.496 e. The number of ether oxygens (including phenoxy) is 3. The molecule has 1 aromatic heterocycles. The van der Waals surface area contributed by atoms with Gasteiger partial charge in [-0.2, -0.15) is 0 Å². The Morgan fingerprint density at radius 1 is 1.00 bits per heavy atom. The molecule has 2 aromatic carbocycles. The maximum absolute atomic E-state index is 12.1. The average molecular weight is 397 g/mol. The van der Waals surface area contributed by atoms with Crippen LogP contribution < -0.4 is 14.8 Å². The first-order valence-electron chi connectivity index (χ1n) is 8.43. The summed E-state index contributed by atoms with van der Waals surface area (Å²) < 4.78 is 15.6. The van der Waals surface area contributed by atoms with Gasteiger partial charge in [0.25, 0.3) is 5.91 Å². The first-order chi connectivity index (χ1) is 13.6. The number of amides is 1. The Kier molecular flexibility index (Phi) is 6.29. The minimum atomic E-state index is -0.496. The molecule has 1 N–H and O–H groups in total. The lowest BCUT2D eigenvalue weighted by Crippen LogP contribution is -2.21. The lowest BCUT2D eigenvalue weighted by molar-refractivity contribution is -0.118. The van der Waals surface area contributed by atoms with Crippen molar-refractivity contribution in [2.75, 3.05) is 26.1 Å². The second kappa shape index (κ2) is 9.05. The Morgan fingerprint density at radius 2 is 1.75 bits per heavy atom. The lowest BCUT2D eigenvalue weighted by atomic mass is 10.0. The molecule has 0 aliphatic heterocycles. The van der Waals surface area contributed by atoms with Crippen LogP contribution in [-0.2, 0) is 9.53 Å². The largest absolute Gasteiger partial charge is 0.496 e. The van der Waals surface area contributed by atoms with Gasteiger partial charge in [0.05, 0.1) is 25.5 Å². The predicted octanol–water partition coefficient (Wildman–Crippen LogP) is 4.23. The molecular formula is C21H19NO5S. The zero-order chi connectivity index (χ0) is 19.9. The summed E-state index contributed by atoms with van der Waals surface area (Å²) in [6.07, 6.45) is 0. The minimum absolute atomic E-state index is 0.176. The van der Waals surface area contributed by atoms with Crippen molar-refractivity contribution in [1.82, 2.24) is 0 Å². The third kappa shape index (κ3) is 4.50. The van der Waals surface area contributed by atoms with Crippen LogP contribution in [0.15, 0.2) is 59.3 Å². The zero-order valence-electron chi connectivity index (χ0n) is 15.4. The molecule has 0 saturated carbocycles. The van der Waals surface area contributed by atoms with Gasteiger partial charge in [0.15, 0.2) is 6.61 Å². The third-order valence-electron chi connectivity index (χ3n) is 3.98. The molecule has 0 atom stereocenters. The molecule has 6 nitrogen and oxygen atoms in total. The Hall–Kier alpha value is -3.32. The number of carbonyl (C=O) groups excluding carboxylic acids is 2. The van der Waals surface area contributed by atoms with Gasteiger partial charge in [0.2, 0.25) is 0 Å². The molecule has 144 valence electrons. The molecule has 1 amide bonds. The van der Waals surface area contributed by atoms with E-state index in [-0.39, 0.29) is 12.5 Å². The van der Waals surface area contributed by atoms with Crippen LogP contribution in [0.25, 0.3) is 11.1 Å². The quantitative estimate of drug-likeness (QED) is 0.604. The van der Waals surface area contributed by atoms with E-state index in [0.29, 0.717) is 17.0 Å². The van der Waals surface area contributed by atoms with Crippen molar-refractivity contribution in [3.63, 3.8) is 0 Å². The maximum atomic E-state index is 12.1. The number of esters is 1. The van der Waals surface area contributed by atoms with E-state index < -0.39 is 5.97 Å². The van der Waals surface area contributed by atoms with Crippen LogP contribution >= 0.6 is 11.3 Å². The standard InChI is InChI=1S/C21H19NO5S/c1-25-19-6-4-3-5-16(19)14-7-9-15(10-8-14)27-11-20(23)22-18-13-28-12-17(18)21(24)26-2/h3-10,12-13H,11H2,1-2H3,(H,22,23). The molecule has 1 heterocycles. The Labute approximate surface area is 166 Å². The van der Waals surface area contributed by atoms with Crippen LogP contribution in [0.3, 0.4) is 0 Å². The number of hydrogen-bond donors (Lipinski definition) is 1. The number of para-hydroxylation sites is 1. The number of thiophene rings is 1.